The van der Waals surface area contributed by atoms with Crippen LogP contribution in [-0.2, 0) is 11.2 Å². The van der Waals surface area contributed by atoms with Gasteiger partial charge in [0.15, 0.2) is 0 Å². The van der Waals surface area contributed by atoms with Crippen LogP contribution in [0.1, 0.15) is 41.6 Å². The summed E-state index contributed by atoms with van der Waals surface area (Å²) in [5.74, 6) is -2.16. The highest BCUT2D eigenvalue weighted by Crippen LogP contribution is 2.21. The van der Waals surface area contributed by atoms with E-state index in [4.69, 9.17) is 5.11 Å². The molecule has 2 rings (SSSR count). The molecular weight excluding hydrogens is 285 g/mol. The number of carbonyl (C=O) groups is 2. The minimum atomic E-state index is -1.31. The maximum Gasteiger partial charge on any atom is 0.338 e. The van der Waals surface area contributed by atoms with Gasteiger partial charge < -0.3 is 10.0 Å². The molecule has 0 aromatic heterocycles. The molecule has 0 bridgehead atoms. The lowest BCUT2D eigenvalue weighted by Crippen LogP contribution is -2.44. The number of rotatable bonds is 5. The van der Waals surface area contributed by atoms with Gasteiger partial charge in [-0.2, -0.15) is 0 Å². The zero-order valence-corrected chi connectivity index (χ0v) is 12.4. The number of likely N-dealkylation sites (tertiary alicyclic amines) is 1. The fourth-order valence-corrected chi connectivity index (χ4v) is 2.88. The van der Waals surface area contributed by atoms with E-state index >= 15 is 0 Å². The van der Waals surface area contributed by atoms with E-state index in [0.717, 1.165) is 31.7 Å². The van der Waals surface area contributed by atoms with Crippen LogP contribution in [0.3, 0.4) is 0 Å². The topological polar surface area (TPSA) is 57.6 Å². The van der Waals surface area contributed by atoms with Gasteiger partial charge in [-0.15, -0.1) is 6.58 Å². The largest absolute Gasteiger partial charge is 0.478 e. The van der Waals surface area contributed by atoms with Crippen molar-refractivity contribution in [3.8, 4) is 0 Å². The zero-order chi connectivity index (χ0) is 16.1. The Kier molecular flexibility index (Phi) is 5.31. The van der Waals surface area contributed by atoms with Gasteiger partial charge in [-0.1, -0.05) is 12.1 Å². The SMILES string of the molecule is C=CCC1CCCCN1C(=O)Cc1ccc(C(=O)O)c(F)c1. The lowest BCUT2D eigenvalue weighted by molar-refractivity contribution is -0.134. The lowest BCUT2D eigenvalue weighted by atomic mass is 9.98. The molecule has 0 radical (unpaired) electrons. The molecule has 1 aliphatic heterocycles. The number of carbonyl (C=O) groups excluding carboxylic acids is 1. The molecule has 1 aromatic carbocycles. The minimum absolute atomic E-state index is 0.0472. The number of hydrogen-bond acceptors (Lipinski definition) is 2. The highest BCUT2D eigenvalue weighted by Gasteiger charge is 2.25. The van der Waals surface area contributed by atoms with Gasteiger partial charge in [-0.05, 0) is 43.4 Å². The van der Waals surface area contributed by atoms with Crippen molar-refractivity contribution in [3.05, 3.63) is 47.8 Å². The first kappa shape index (κ1) is 16.2. The molecule has 0 aliphatic carbocycles. The number of piperidine rings is 1. The normalized spacial score (nSPS) is 18.0. The molecule has 1 fully saturated rings. The Morgan fingerprint density at radius 2 is 2.18 bits per heavy atom. The fraction of sp³-hybridized carbons (Fsp3) is 0.412. The average molecular weight is 305 g/mol. The van der Waals surface area contributed by atoms with Crippen LogP contribution in [0.2, 0.25) is 0 Å². The Balaban J connectivity index is 2.09. The molecule has 1 aliphatic rings. The van der Waals surface area contributed by atoms with Gasteiger partial charge in [-0.3, -0.25) is 4.79 Å². The minimum Gasteiger partial charge on any atom is -0.478 e. The standard InChI is InChI=1S/C17H20FNO3/c1-2-5-13-6-3-4-9-19(13)16(20)11-12-7-8-14(17(21)22)15(18)10-12/h2,7-8,10,13H,1,3-6,9,11H2,(H,21,22). The highest BCUT2D eigenvalue weighted by molar-refractivity contribution is 5.88. The predicted octanol–water partition coefficient (Wildman–Crippen LogP) is 3.02. The van der Waals surface area contributed by atoms with E-state index in [9.17, 15) is 14.0 Å². The fourth-order valence-electron chi connectivity index (χ4n) is 2.88. The molecule has 1 heterocycles. The molecule has 22 heavy (non-hydrogen) atoms. The number of benzene rings is 1. The van der Waals surface area contributed by atoms with Crippen LogP contribution in [0.25, 0.3) is 0 Å². The first-order valence-electron chi connectivity index (χ1n) is 7.45. The Morgan fingerprint density at radius 3 is 2.82 bits per heavy atom. The summed E-state index contributed by atoms with van der Waals surface area (Å²) in [7, 11) is 0. The number of hydrogen-bond donors (Lipinski definition) is 1. The van der Waals surface area contributed by atoms with Crippen molar-refractivity contribution in [3.63, 3.8) is 0 Å². The van der Waals surface area contributed by atoms with Crippen molar-refractivity contribution < 1.29 is 19.1 Å². The predicted molar refractivity (Wildman–Crippen MR) is 81.2 cm³/mol. The monoisotopic (exact) mass is 305 g/mol. The van der Waals surface area contributed by atoms with E-state index in [1.165, 1.54) is 12.1 Å². The van der Waals surface area contributed by atoms with Gasteiger partial charge in [0.2, 0.25) is 5.91 Å². The lowest BCUT2D eigenvalue weighted by Gasteiger charge is -2.35. The second-order valence-electron chi connectivity index (χ2n) is 5.56. The van der Waals surface area contributed by atoms with E-state index in [-0.39, 0.29) is 23.9 Å². The van der Waals surface area contributed by atoms with Crippen molar-refractivity contribution in [1.29, 1.82) is 0 Å². The summed E-state index contributed by atoms with van der Waals surface area (Å²) in [6.07, 6.45) is 5.71. The third-order valence-electron chi connectivity index (χ3n) is 4.01. The molecule has 1 saturated heterocycles. The number of nitrogens with zero attached hydrogens (tertiary/aromatic N) is 1. The second-order valence-corrected chi connectivity index (χ2v) is 5.56. The van der Waals surface area contributed by atoms with Gasteiger partial charge >= 0.3 is 5.97 Å². The molecule has 1 aromatic rings. The van der Waals surface area contributed by atoms with Crippen molar-refractivity contribution in [1.82, 2.24) is 4.90 Å². The van der Waals surface area contributed by atoms with Crippen molar-refractivity contribution in [2.24, 2.45) is 0 Å². The maximum absolute atomic E-state index is 13.7. The van der Waals surface area contributed by atoms with Gasteiger partial charge in [0.05, 0.1) is 12.0 Å². The van der Waals surface area contributed by atoms with Crippen LogP contribution < -0.4 is 0 Å². The Morgan fingerprint density at radius 1 is 1.41 bits per heavy atom. The van der Waals surface area contributed by atoms with Crippen LogP contribution in [0.15, 0.2) is 30.9 Å². The maximum atomic E-state index is 13.7. The van der Waals surface area contributed by atoms with Gasteiger partial charge in [0, 0.05) is 12.6 Å². The van der Waals surface area contributed by atoms with E-state index in [2.05, 4.69) is 6.58 Å². The van der Waals surface area contributed by atoms with Gasteiger partial charge in [0.1, 0.15) is 5.82 Å². The summed E-state index contributed by atoms with van der Waals surface area (Å²) in [5, 5.41) is 8.81. The van der Waals surface area contributed by atoms with Gasteiger partial charge in [-0.25, -0.2) is 9.18 Å². The summed E-state index contributed by atoms with van der Waals surface area (Å²) in [6.45, 7) is 4.44. The molecule has 0 saturated carbocycles. The molecule has 4 nitrogen and oxygen atoms in total. The zero-order valence-electron chi connectivity index (χ0n) is 12.4. The quantitative estimate of drug-likeness (QED) is 0.851. The third-order valence-corrected chi connectivity index (χ3v) is 4.01. The smallest absolute Gasteiger partial charge is 0.338 e. The summed E-state index contributed by atoms with van der Waals surface area (Å²) in [5.41, 5.74) is 0.120. The van der Waals surface area contributed by atoms with E-state index in [1.54, 1.807) is 0 Å². The molecule has 1 N–H and O–H groups in total. The van der Waals surface area contributed by atoms with Crippen molar-refractivity contribution >= 4 is 11.9 Å². The van der Waals surface area contributed by atoms with E-state index in [0.29, 0.717) is 12.1 Å². The van der Waals surface area contributed by atoms with Crippen molar-refractivity contribution in [2.45, 2.75) is 38.1 Å². The molecule has 1 amide bonds. The van der Waals surface area contributed by atoms with E-state index in [1.807, 2.05) is 11.0 Å². The third kappa shape index (κ3) is 3.72. The molecule has 5 heteroatoms. The Hall–Kier alpha value is -2.17. The highest BCUT2D eigenvalue weighted by atomic mass is 19.1. The van der Waals surface area contributed by atoms with Crippen LogP contribution in [0.5, 0.6) is 0 Å². The first-order chi connectivity index (χ1) is 10.5. The Bertz CT molecular complexity index is 585. The van der Waals surface area contributed by atoms with Crippen LogP contribution in [0.4, 0.5) is 4.39 Å². The summed E-state index contributed by atoms with van der Waals surface area (Å²) in [6, 6.07) is 4.00. The van der Waals surface area contributed by atoms with Crippen molar-refractivity contribution in [2.75, 3.05) is 6.54 Å². The number of aromatic carboxylic acids is 1. The van der Waals surface area contributed by atoms with Gasteiger partial charge in [0.25, 0.3) is 0 Å². The van der Waals surface area contributed by atoms with Crippen LogP contribution >= 0.6 is 0 Å². The molecule has 1 atom stereocenters. The molecular formula is C17H20FNO3. The molecule has 0 spiro atoms. The second kappa shape index (κ2) is 7.20. The van der Waals surface area contributed by atoms with E-state index < -0.39 is 11.8 Å². The Labute approximate surface area is 129 Å². The number of halogens is 1. The summed E-state index contributed by atoms with van der Waals surface area (Å²) in [4.78, 5) is 25.1. The number of amides is 1. The number of carboxylic acids is 1. The molecule has 1 unspecified atom stereocenters. The van der Waals surface area contributed by atoms with Crippen LogP contribution in [-0.4, -0.2) is 34.5 Å². The first-order valence-corrected chi connectivity index (χ1v) is 7.45. The average Bonchev–Trinajstić information content (AvgIpc) is 2.47. The summed E-state index contributed by atoms with van der Waals surface area (Å²) < 4.78 is 13.7. The number of carboxylic acid groups (broad SMARTS) is 1. The van der Waals surface area contributed by atoms with Crippen LogP contribution in [0, 0.1) is 5.82 Å². The molecule has 118 valence electrons. The summed E-state index contributed by atoms with van der Waals surface area (Å²) >= 11 is 0.